The molecule has 18 heavy (non-hydrogen) atoms. The van der Waals surface area contributed by atoms with E-state index in [4.69, 9.17) is 0 Å². The van der Waals surface area contributed by atoms with Gasteiger partial charge in [0.25, 0.3) is 0 Å². The highest BCUT2D eigenvalue weighted by Crippen LogP contribution is 2.54. The van der Waals surface area contributed by atoms with Crippen LogP contribution in [0.1, 0.15) is 12.8 Å². The van der Waals surface area contributed by atoms with E-state index in [0.29, 0.717) is 17.9 Å². The molecule has 0 aromatic heterocycles. The van der Waals surface area contributed by atoms with Gasteiger partial charge in [0.15, 0.2) is 4.08 Å². The van der Waals surface area contributed by atoms with Gasteiger partial charge in [-0.15, -0.1) is 23.5 Å². The smallest absolute Gasteiger partial charge is 0.332 e. The second-order valence-corrected chi connectivity index (χ2v) is 9.65. The molecule has 3 aliphatic rings. The number of hydrogen-bond acceptors (Lipinski definition) is 5. The highest BCUT2D eigenvalue weighted by molar-refractivity contribution is 8.20. The van der Waals surface area contributed by atoms with Crippen molar-refractivity contribution in [3.8, 4) is 0 Å². The van der Waals surface area contributed by atoms with Crippen LogP contribution in [0.4, 0.5) is 0 Å². The third-order valence-corrected chi connectivity index (χ3v) is 8.50. The van der Waals surface area contributed by atoms with Crippen LogP contribution >= 0.6 is 23.5 Å². The summed E-state index contributed by atoms with van der Waals surface area (Å²) in [6, 6.07) is 0. The number of β-lactam (4-membered cyclic amide) rings is 1. The topological polar surface area (TPSA) is 74.7 Å². The molecule has 5 nitrogen and oxygen atoms in total. The van der Waals surface area contributed by atoms with Crippen molar-refractivity contribution >= 4 is 46.2 Å². The van der Waals surface area contributed by atoms with Crippen molar-refractivity contribution in [1.82, 2.24) is 4.90 Å². The predicted octanol–water partition coefficient (Wildman–Crippen LogP) is 0.327. The highest BCUT2D eigenvalue weighted by atomic mass is 32.2. The van der Waals surface area contributed by atoms with Crippen LogP contribution in [0.15, 0.2) is 0 Å². The molecule has 3 heterocycles. The molecule has 8 heteroatoms. The van der Waals surface area contributed by atoms with Crippen molar-refractivity contribution in [2.75, 3.05) is 18.1 Å². The summed E-state index contributed by atoms with van der Waals surface area (Å²) in [6.45, 7) is 0.282. The molecular weight excluding hydrogens is 294 g/mol. The molecule has 3 rings (SSSR count). The average Bonchev–Trinajstić information content (AvgIpc) is 2.82. The van der Waals surface area contributed by atoms with E-state index >= 15 is 0 Å². The summed E-state index contributed by atoms with van der Waals surface area (Å²) in [7, 11) is -0.797. The zero-order valence-electron chi connectivity index (χ0n) is 9.53. The number of carbonyl (C=O) groups is 2. The van der Waals surface area contributed by atoms with E-state index in [2.05, 4.69) is 0 Å². The van der Waals surface area contributed by atoms with E-state index in [1.54, 1.807) is 4.90 Å². The predicted molar refractivity (Wildman–Crippen MR) is 71.9 cm³/mol. The van der Waals surface area contributed by atoms with Gasteiger partial charge in [-0.05, 0) is 6.42 Å². The van der Waals surface area contributed by atoms with Crippen molar-refractivity contribution in [1.29, 1.82) is 0 Å². The Morgan fingerprint density at radius 1 is 1.61 bits per heavy atom. The van der Waals surface area contributed by atoms with E-state index in [9.17, 15) is 18.9 Å². The number of hydrogen-bond donors (Lipinski definition) is 1. The van der Waals surface area contributed by atoms with Crippen molar-refractivity contribution in [2.45, 2.75) is 27.5 Å². The molecule has 1 amide bonds. The van der Waals surface area contributed by atoms with Gasteiger partial charge in [-0.1, -0.05) is 0 Å². The zero-order chi connectivity index (χ0) is 12.9. The lowest BCUT2D eigenvalue weighted by Crippen LogP contribution is -2.48. The Morgan fingerprint density at radius 2 is 2.39 bits per heavy atom. The lowest BCUT2D eigenvalue weighted by atomic mass is 10.2. The number of amides is 1. The van der Waals surface area contributed by atoms with E-state index in [1.165, 1.54) is 23.5 Å². The van der Waals surface area contributed by atoms with Crippen LogP contribution in [0, 0.1) is 0 Å². The number of nitrogens with zero attached hydrogens (tertiary/aromatic N) is 1. The molecule has 3 aliphatic heterocycles. The molecule has 3 unspecified atom stereocenters. The van der Waals surface area contributed by atoms with Gasteiger partial charge in [-0.25, -0.2) is 4.79 Å². The Hall–Kier alpha value is -0.210. The molecule has 0 aromatic rings. The fourth-order valence-electron chi connectivity index (χ4n) is 2.43. The maximum atomic E-state index is 11.6. The van der Waals surface area contributed by atoms with Crippen LogP contribution in [0.2, 0.25) is 0 Å². The van der Waals surface area contributed by atoms with Crippen LogP contribution in [-0.4, -0.2) is 58.8 Å². The molecule has 100 valence electrons. The summed E-state index contributed by atoms with van der Waals surface area (Å²) >= 11 is 2.78. The summed E-state index contributed by atoms with van der Waals surface area (Å²) in [5.41, 5.74) is 0. The maximum Gasteiger partial charge on any atom is 0.332 e. The summed E-state index contributed by atoms with van der Waals surface area (Å²) in [4.78, 5) is 24.6. The van der Waals surface area contributed by atoms with Gasteiger partial charge in [0.2, 0.25) is 5.91 Å². The lowest BCUT2D eigenvalue weighted by molar-refractivity contribution is -0.142. The van der Waals surface area contributed by atoms with Crippen molar-refractivity contribution in [2.24, 2.45) is 0 Å². The van der Waals surface area contributed by atoms with Crippen molar-refractivity contribution < 1.29 is 18.9 Å². The number of fused-ring (bicyclic) bond motifs is 1. The monoisotopic (exact) mass is 307 g/mol. The molecular formula is C10H13NO4S3. The fourth-order valence-corrected chi connectivity index (χ4v) is 7.96. The van der Waals surface area contributed by atoms with E-state index in [-0.39, 0.29) is 23.1 Å². The molecule has 4 atom stereocenters. The summed E-state index contributed by atoms with van der Waals surface area (Å²) in [5, 5.41) is 9.66. The van der Waals surface area contributed by atoms with Crippen LogP contribution < -0.4 is 0 Å². The second-order valence-electron chi connectivity index (χ2n) is 4.70. The van der Waals surface area contributed by atoms with Gasteiger partial charge in [-0.3, -0.25) is 9.00 Å². The lowest BCUT2D eigenvalue weighted by Gasteiger charge is -2.32. The normalized spacial score (nSPS) is 42.8. The Balaban J connectivity index is 1.74. The summed E-state index contributed by atoms with van der Waals surface area (Å²) in [6.07, 6.45) is 1.27. The Bertz CT molecular complexity index is 443. The highest BCUT2D eigenvalue weighted by Gasteiger charge is 2.58. The average molecular weight is 307 g/mol. The molecule has 1 N–H and O–H groups in total. The van der Waals surface area contributed by atoms with Crippen LogP contribution in [0.3, 0.4) is 0 Å². The number of carboxylic acids is 1. The van der Waals surface area contributed by atoms with Gasteiger partial charge in [-0.2, -0.15) is 0 Å². The van der Waals surface area contributed by atoms with Gasteiger partial charge in [0.05, 0.1) is 18.3 Å². The zero-order valence-corrected chi connectivity index (χ0v) is 12.0. The molecule has 0 aromatic carbocycles. The van der Waals surface area contributed by atoms with Crippen LogP contribution in [0.5, 0.6) is 0 Å². The number of thioether (sulfide) groups is 2. The van der Waals surface area contributed by atoms with Gasteiger partial charge < -0.3 is 10.0 Å². The first-order valence-electron chi connectivity index (χ1n) is 5.74. The third kappa shape index (κ3) is 1.98. The van der Waals surface area contributed by atoms with Gasteiger partial charge in [0, 0.05) is 27.6 Å². The third-order valence-electron chi connectivity index (χ3n) is 3.44. The SMILES string of the molecule is O=C1C[C@H]2SC(SC3CCS(=O)C3)(C(=O)O)CN12. The quantitative estimate of drug-likeness (QED) is 0.757. The number of rotatable bonds is 3. The van der Waals surface area contributed by atoms with Crippen molar-refractivity contribution in [3.63, 3.8) is 0 Å². The summed E-state index contributed by atoms with van der Waals surface area (Å²) in [5.74, 6) is 0.437. The Kier molecular flexibility index (Phi) is 3.14. The van der Waals surface area contributed by atoms with Crippen molar-refractivity contribution in [3.05, 3.63) is 0 Å². The van der Waals surface area contributed by atoms with E-state index in [1.807, 2.05) is 0 Å². The minimum atomic E-state index is -0.948. The molecule has 0 bridgehead atoms. The van der Waals surface area contributed by atoms with Crippen LogP contribution in [0.25, 0.3) is 0 Å². The second kappa shape index (κ2) is 4.42. The molecule has 0 aliphatic carbocycles. The number of aliphatic carboxylic acids is 1. The molecule has 0 spiro atoms. The van der Waals surface area contributed by atoms with Gasteiger partial charge in [0.1, 0.15) is 0 Å². The molecule has 0 radical (unpaired) electrons. The molecule has 3 saturated heterocycles. The minimum Gasteiger partial charge on any atom is -0.480 e. The molecule has 0 saturated carbocycles. The standard InChI is InChI=1S/C10H13NO4S3/c12-7-3-8-11(7)5-10(17-8,9(13)14)16-6-1-2-18(15)4-6/h6,8H,1-5H2,(H,13,14)/t6?,8-,10?,18?/m1/s1. The summed E-state index contributed by atoms with van der Waals surface area (Å²) < 4.78 is 10.4. The van der Waals surface area contributed by atoms with E-state index < -0.39 is 20.8 Å². The maximum absolute atomic E-state index is 11.6. The first-order valence-corrected chi connectivity index (χ1v) is 8.98. The van der Waals surface area contributed by atoms with Gasteiger partial charge >= 0.3 is 5.97 Å². The number of carboxylic acid groups (broad SMARTS) is 1. The largest absolute Gasteiger partial charge is 0.480 e. The Labute approximate surface area is 116 Å². The van der Waals surface area contributed by atoms with Crippen LogP contribution in [-0.2, 0) is 20.4 Å². The fraction of sp³-hybridized carbons (Fsp3) is 0.800. The van der Waals surface area contributed by atoms with E-state index in [0.717, 1.165) is 6.42 Å². The molecule has 3 fully saturated rings. The Morgan fingerprint density at radius 3 is 2.89 bits per heavy atom. The number of carbonyl (C=O) groups excluding carboxylic acids is 1. The first-order chi connectivity index (χ1) is 8.50. The minimum absolute atomic E-state index is 0.0352. The first kappa shape index (κ1) is 12.8.